The molecule has 1 aliphatic rings. The van der Waals surface area contributed by atoms with Gasteiger partial charge in [0, 0.05) is 22.6 Å². The van der Waals surface area contributed by atoms with Crippen LogP contribution in [0.2, 0.25) is 0 Å². The number of fused-ring (bicyclic) bond motifs is 1. The highest BCUT2D eigenvalue weighted by atomic mass is 16.4. The summed E-state index contributed by atoms with van der Waals surface area (Å²) in [5.41, 5.74) is 5.57. The van der Waals surface area contributed by atoms with Crippen molar-refractivity contribution in [2.45, 2.75) is 33.4 Å². The fourth-order valence-electron chi connectivity index (χ4n) is 4.33. The Bertz CT molecular complexity index is 1020. The van der Waals surface area contributed by atoms with Crippen molar-refractivity contribution < 1.29 is 14.2 Å². The lowest BCUT2D eigenvalue weighted by molar-refractivity contribution is -1.02. The van der Waals surface area contributed by atoms with Gasteiger partial charge in [-0.25, -0.2) is 4.79 Å². The van der Waals surface area contributed by atoms with Gasteiger partial charge in [0.25, 0.3) is 0 Å². The molecule has 1 fully saturated rings. The smallest absolute Gasteiger partial charge is 0.336 e. The normalized spacial score (nSPS) is 19.8. The van der Waals surface area contributed by atoms with Crippen LogP contribution in [0.15, 0.2) is 57.7 Å². The molecule has 4 nitrogen and oxygen atoms in total. The van der Waals surface area contributed by atoms with Crippen LogP contribution >= 0.6 is 0 Å². The molecule has 0 unspecified atom stereocenters. The standard InChI is InChI=1S/C24H28N2O2/c1-3-19-7-8-22-21(15-24(27)28-23(22)14-19)17-26-11-9-25(10-12-26)16-20-6-4-5-18(2)13-20/h4-8,13-15H,3,9-12,16-17H2,1-2H3/p+2. The molecule has 146 valence electrons. The highest BCUT2D eigenvalue weighted by molar-refractivity contribution is 5.80. The first-order valence-electron chi connectivity index (χ1n) is 10.4. The lowest BCUT2D eigenvalue weighted by Crippen LogP contribution is -3.27. The third-order valence-corrected chi connectivity index (χ3v) is 5.94. The number of nitrogens with one attached hydrogen (secondary N) is 2. The van der Waals surface area contributed by atoms with E-state index in [2.05, 4.69) is 50.2 Å². The second kappa shape index (κ2) is 8.29. The van der Waals surface area contributed by atoms with Gasteiger partial charge in [-0.3, -0.25) is 0 Å². The summed E-state index contributed by atoms with van der Waals surface area (Å²) in [5, 5.41) is 1.08. The van der Waals surface area contributed by atoms with Crippen molar-refractivity contribution in [3.8, 4) is 0 Å². The third-order valence-electron chi connectivity index (χ3n) is 5.94. The van der Waals surface area contributed by atoms with Crippen molar-refractivity contribution in [3.05, 3.63) is 81.2 Å². The van der Waals surface area contributed by atoms with E-state index in [1.807, 2.05) is 6.07 Å². The molecule has 4 rings (SSSR count). The summed E-state index contributed by atoms with van der Waals surface area (Å²) in [4.78, 5) is 15.3. The average Bonchev–Trinajstić information content (AvgIpc) is 2.69. The van der Waals surface area contributed by atoms with Gasteiger partial charge >= 0.3 is 5.63 Å². The van der Waals surface area contributed by atoms with Gasteiger partial charge in [0.2, 0.25) is 0 Å². The van der Waals surface area contributed by atoms with Crippen LogP contribution in [0.4, 0.5) is 0 Å². The molecule has 0 amide bonds. The maximum absolute atomic E-state index is 12.0. The van der Waals surface area contributed by atoms with Crippen molar-refractivity contribution in [1.29, 1.82) is 0 Å². The molecule has 4 heteroatoms. The largest absolute Gasteiger partial charge is 0.423 e. The van der Waals surface area contributed by atoms with Crippen LogP contribution in [0.3, 0.4) is 0 Å². The van der Waals surface area contributed by atoms with Crippen LogP contribution in [-0.4, -0.2) is 26.2 Å². The van der Waals surface area contributed by atoms with Crippen LogP contribution in [0, 0.1) is 6.92 Å². The first kappa shape index (κ1) is 18.9. The van der Waals surface area contributed by atoms with Crippen molar-refractivity contribution >= 4 is 11.0 Å². The van der Waals surface area contributed by atoms with E-state index in [4.69, 9.17) is 4.42 Å². The Balaban J connectivity index is 1.43. The maximum Gasteiger partial charge on any atom is 0.336 e. The predicted molar refractivity (Wildman–Crippen MR) is 112 cm³/mol. The van der Waals surface area contributed by atoms with Crippen LogP contribution < -0.4 is 15.4 Å². The molecule has 0 bridgehead atoms. The number of hydrogen-bond acceptors (Lipinski definition) is 2. The van der Waals surface area contributed by atoms with E-state index in [0.717, 1.165) is 49.1 Å². The van der Waals surface area contributed by atoms with Gasteiger partial charge in [-0.1, -0.05) is 48.9 Å². The summed E-state index contributed by atoms with van der Waals surface area (Å²) < 4.78 is 5.46. The number of aryl methyl sites for hydroxylation is 2. The Morgan fingerprint density at radius 1 is 0.893 bits per heavy atom. The molecule has 1 saturated heterocycles. The summed E-state index contributed by atoms with van der Waals surface area (Å²) >= 11 is 0. The van der Waals surface area contributed by atoms with Crippen molar-refractivity contribution in [1.82, 2.24) is 0 Å². The topological polar surface area (TPSA) is 39.1 Å². The van der Waals surface area contributed by atoms with Crippen molar-refractivity contribution in [3.63, 3.8) is 0 Å². The highest BCUT2D eigenvalue weighted by Gasteiger charge is 2.24. The van der Waals surface area contributed by atoms with E-state index < -0.39 is 0 Å². The van der Waals surface area contributed by atoms with Gasteiger partial charge in [-0.2, -0.15) is 0 Å². The maximum atomic E-state index is 12.0. The number of quaternary nitrogens is 2. The molecule has 28 heavy (non-hydrogen) atoms. The van der Waals surface area contributed by atoms with Crippen LogP contribution in [0.5, 0.6) is 0 Å². The summed E-state index contributed by atoms with van der Waals surface area (Å²) in [6.45, 7) is 10.9. The number of benzene rings is 2. The van der Waals surface area contributed by atoms with Gasteiger partial charge in [0.15, 0.2) is 0 Å². The minimum atomic E-state index is -0.237. The van der Waals surface area contributed by atoms with E-state index in [1.54, 1.807) is 15.9 Å². The van der Waals surface area contributed by atoms with Gasteiger partial charge < -0.3 is 14.2 Å². The van der Waals surface area contributed by atoms with Crippen molar-refractivity contribution in [2.24, 2.45) is 0 Å². The molecule has 0 spiro atoms. The number of rotatable bonds is 5. The molecule has 0 atom stereocenters. The molecule has 2 heterocycles. The average molecular weight is 379 g/mol. The minimum Gasteiger partial charge on any atom is -0.423 e. The minimum absolute atomic E-state index is 0.237. The number of piperazine rings is 1. The summed E-state index contributed by atoms with van der Waals surface area (Å²) in [7, 11) is 0. The van der Waals surface area contributed by atoms with E-state index in [0.29, 0.717) is 0 Å². The summed E-state index contributed by atoms with van der Waals surface area (Å²) in [5.74, 6) is 0. The summed E-state index contributed by atoms with van der Waals surface area (Å²) in [6.07, 6.45) is 0.945. The van der Waals surface area contributed by atoms with E-state index in [-0.39, 0.29) is 5.63 Å². The van der Waals surface area contributed by atoms with E-state index in [1.165, 1.54) is 29.8 Å². The fourth-order valence-corrected chi connectivity index (χ4v) is 4.33. The Labute approximate surface area is 166 Å². The second-order valence-electron chi connectivity index (χ2n) is 8.12. The molecule has 1 aliphatic heterocycles. The van der Waals surface area contributed by atoms with Gasteiger partial charge in [-0.15, -0.1) is 0 Å². The number of hydrogen-bond donors (Lipinski definition) is 2. The lowest BCUT2D eigenvalue weighted by atomic mass is 10.1. The molecule has 2 aromatic carbocycles. The molecule has 1 aromatic heterocycles. The van der Waals surface area contributed by atoms with Crippen LogP contribution in [0.1, 0.15) is 29.2 Å². The summed E-state index contributed by atoms with van der Waals surface area (Å²) in [6, 6.07) is 16.8. The zero-order valence-electron chi connectivity index (χ0n) is 16.9. The first-order valence-corrected chi connectivity index (χ1v) is 10.4. The zero-order chi connectivity index (χ0) is 19.5. The van der Waals surface area contributed by atoms with E-state index >= 15 is 0 Å². The van der Waals surface area contributed by atoms with Gasteiger partial charge in [0.1, 0.15) is 44.9 Å². The monoisotopic (exact) mass is 378 g/mol. The van der Waals surface area contributed by atoms with Crippen molar-refractivity contribution in [2.75, 3.05) is 26.2 Å². The Morgan fingerprint density at radius 3 is 2.36 bits per heavy atom. The highest BCUT2D eigenvalue weighted by Crippen LogP contribution is 2.18. The predicted octanol–water partition coefficient (Wildman–Crippen LogP) is 1.15. The molecule has 2 N–H and O–H groups in total. The Hall–Kier alpha value is -2.43. The third kappa shape index (κ3) is 4.34. The molecule has 0 saturated carbocycles. The zero-order valence-corrected chi connectivity index (χ0v) is 16.9. The Kier molecular flexibility index (Phi) is 5.60. The van der Waals surface area contributed by atoms with Gasteiger partial charge in [-0.05, 0) is 25.0 Å². The molecule has 3 aromatic rings. The first-order chi connectivity index (χ1) is 13.6. The lowest BCUT2D eigenvalue weighted by Gasteiger charge is -2.30. The fraction of sp³-hybridized carbons (Fsp3) is 0.375. The van der Waals surface area contributed by atoms with E-state index in [9.17, 15) is 4.79 Å². The van der Waals surface area contributed by atoms with Gasteiger partial charge in [0.05, 0.1) is 0 Å². The molecular weight excluding hydrogens is 348 g/mol. The Morgan fingerprint density at radius 2 is 1.64 bits per heavy atom. The molecular formula is C24H30N2O2+2. The molecule has 0 radical (unpaired) electrons. The SMILES string of the molecule is CCc1ccc2c(C[NH+]3CC[NH+](Cc4cccc(C)c4)CC3)cc(=O)oc2c1. The molecule has 0 aliphatic carbocycles. The van der Waals surface area contributed by atoms with Crippen LogP contribution in [0.25, 0.3) is 11.0 Å². The quantitative estimate of drug-likeness (QED) is 0.654. The second-order valence-corrected chi connectivity index (χ2v) is 8.12. The van der Waals surface area contributed by atoms with Crippen LogP contribution in [-0.2, 0) is 19.5 Å².